The maximum Gasteiger partial charge on any atom is 0.320 e. The Kier molecular flexibility index (Phi) is 6.43. The molecule has 26 heavy (non-hydrogen) atoms. The van der Waals surface area contributed by atoms with E-state index in [1.165, 1.54) is 0 Å². The quantitative estimate of drug-likeness (QED) is 0.792. The highest BCUT2D eigenvalue weighted by molar-refractivity contribution is 5.79. The average molecular weight is 365 g/mol. The molecule has 0 aromatic carbocycles. The highest BCUT2D eigenvalue weighted by Gasteiger charge is 2.32. The van der Waals surface area contributed by atoms with Gasteiger partial charge in [0.25, 0.3) is 0 Å². The lowest BCUT2D eigenvalue weighted by molar-refractivity contribution is -0.123. The summed E-state index contributed by atoms with van der Waals surface area (Å²) in [5.41, 5.74) is 0. The molecule has 144 valence electrons. The molecule has 0 spiro atoms. The van der Waals surface area contributed by atoms with Gasteiger partial charge < -0.3 is 24.4 Å². The molecule has 2 aliphatic rings. The molecule has 2 aliphatic heterocycles. The van der Waals surface area contributed by atoms with Gasteiger partial charge in [-0.2, -0.15) is 4.98 Å². The summed E-state index contributed by atoms with van der Waals surface area (Å²) >= 11 is 0. The maximum absolute atomic E-state index is 12.7. The van der Waals surface area contributed by atoms with Crippen LogP contribution in [0.3, 0.4) is 0 Å². The lowest BCUT2D eigenvalue weighted by Gasteiger charge is -2.37. The fraction of sp³-hybridized carbons (Fsp3) is 0.765. The second-order valence-corrected chi connectivity index (χ2v) is 6.66. The molecule has 1 aromatic heterocycles. The number of morpholine rings is 1. The fourth-order valence-corrected chi connectivity index (χ4v) is 3.30. The molecule has 2 saturated heterocycles. The van der Waals surface area contributed by atoms with Gasteiger partial charge in [0.2, 0.25) is 11.8 Å². The number of likely N-dealkylation sites (tertiary alicyclic amines) is 1. The molecule has 0 saturated carbocycles. The minimum Gasteiger partial charge on any atom is -0.377 e. The van der Waals surface area contributed by atoms with Crippen LogP contribution in [0.1, 0.15) is 37.9 Å². The van der Waals surface area contributed by atoms with Crippen molar-refractivity contribution in [1.29, 1.82) is 0 Å². The molecule has 9 nitrogen and oxygen atoms in total. The third-order valence-electron chi connectivity index (χ3n) is 4.76. The van der Waals surface area contributed by atoms with Crippen molar-refractivity contribution < 1.29 is 18.8 Å². The van der Waals surface area contributed by atoms with Crippen molar-refractivity contribution in [3.05, 3.63) is 11.7 Å². The Hall–Kier alpha value is -2.16. The van der Waals surface area contributed by atoms with E-state index in [0.29, 0.717) is 44.4 Å². The normalized spacial score (nSPS) is 20.4. The third kappa shape index (κ3) is 4.72. The largest absolute Gasteiger partial charge is 0.377 e. The summed E-state index contributed by atoms with van der Waals surface area (Å²) in [6, 6.07) is -0.187. The Bertz CT molecular complexity index is 614. The number of hydrogen-bond acceptors (Lipinski definition) is 6. The van der Waals surface area contributed by atoms with E-state index in [-0.39, 0.29) is 24.4 Å². The van der Waals surface area contributed by atoms with Crippen LogP contribution in [-0.2, 0) is 22.4 Å². The molecule has 0 aliphatic carbocycles. The average Bonchev–Trinajstić information content (AvgIpc) is 3.33. The van der Waals surface area contributed by atoms with Gasteiger partial charge in [0.15, 0.2) is 5.82 Å². The number of hydrogen-bond donors (Lipinski definition) is 1. The van der Waals surface area contributed by atoms with E-state index in [1.807, 2.05) is 11.8 Å². The second-order valence-electron chi connectivity index (χ2n) is 6.66. The number of ether oxygens (including phenoxy) is 1. The molecule has 3 amide bonds. The van der Waals surface area contributed by atoms with E-state index in [0.717, 1.165) is 32.4 Å². The van der Waals surface area contributed by atoms with Crippen molar-refractivity contribution in [2.24, 2.45) is 0 Å². The number of carbonyl (C=O) groups excluding carboxylic acids is 2. The molecular weight excluding hydrogens is 338 g/mol. The predicted octanol–water partition coefficient (Wildman–Crippen LogP) is 0.597. The van der Waals surface area contributed by atoms with Crippen molar-refractivity contribution in [2.75, 3.05) is 39.4 Å². The smallest absolute Gasteiger partial charge is 0.320 e. The second kappa shape index (κ2) is 8.98. The Morgan fingerprint density at radius 3 is 2.81 bits per heavy atom. The van der Waals surface area contributed by atoms with Crippen LogP contribution in [0.5, 0.6) is 0 Å². The van der Waals surface area contributed by atoms with E-state index < -0.39 is 0 Å². The Morgan fingerprint density at radius 2 is 2.08 bits per heavy atom. The Morgan fingerprint density at radius 1 is 1.27 bits per heavy atom. The topological polar surface area (TPSA) is 101 Å². The first-order valence-corrected chi connectivity index (χ1v) is 9.39. The van der Waals surface area contributed by atoms with Crippen molar-refractivity contribution in [2.45, 2.75) is 45.1 Å². The van der Waals surface area contributed by atoms with Crippen LogP contribution in [0, 0.1) is 0 Å². The van der Waals surface area contributed by atoms with Crippen LogP contribution >= 0.6 is 0 Å². The SMILES string of the molecule is CCc1noc(CCNC(=O)CC2COCCN2C(=O)N2CCCC2)n1. The minimum atomic E-state index is -0.216. The van der Waals surface area contributed by atoms with Gasteiger partial charge in [-0.25, -0.2) is 4.79 Å². The third-order valence-corrected chi connectivity index (χ3v) is 4.76. The predicted molar refractivity (Wildman–Crippen MR) is 92.5 cm³/mol. The summed E-state index contributed by atoms with van der Waals surface area (Å²) in [4.78, 5) is 32.8. The van der Waals surface area contributed by atoms with E-state index in [2.05, 4.69) is 15.5 Å². The summed E-state index contributed by atoms with van der Waals surface area (Å²) in [6.45, 7) is 5.45. The van der Waals surface area contributed by atoms with Gasteiger partial charge in [0.1, 0.15) is 0 Å². The molecular formula is C17H27N5O4. The summed E-state index contributed by atoms with van der Waals surface area (Å²) in [6.07, 6.45) is 3.56. The number of carbonyl (C=O) groups is 2. The van der Waals surface area contributed by atoms with E-state index in [4.69, 9.17) is 9.26 Å². The summed E-state index contributed by atoms with van der Waals surface area (Å²) in [5, 5.41) is 6.69. The van der Waals surface area contributed by atoms with Gasteiger partial charge in [-0.1, -0.05) is 12.1 Å². The van der Waals surface area contributed by atoms with Crippen LogP contribution in [-0.4, -0.2) is 77.3 Å². The van der Waals surface area contributed by atoms with Crippen LogP contribution in [0.4, 0.5) is 4.79 Å². The number of rotatable bonds is 6. The molecule has 0 bridgehead atoms. The van der Waals surface area contributed by atoms with Gasteiger partial charge >= 0.3 is 6.03 Å². The number of urea groups is 1. The molecule has 3 heterocycles. The van der Waals surface area contributed by atoms with Gasteiger partial charge in [0.05, 0.1) is 19.3 Å². The van der Waals surface area contributed by atoms with Gasteiger partial charge in [-0.15, -0.1) is 0 Å². The number of nitrogens with one attached hydrogen (secondary N) is 1. The number of aromatic nitrogens is 2. The molecule has 1 unspecified atom stereocenters. The molecule has 1 aromatic rings. The minimum absolute atomic E-state index is 0.0292. The summed E-state index contributed by atoms with van der Waals surface area (Å²) in [5.74, 6) is 1.09. The number of amides is 3. The molecule has 9 heteroatoms. The van der Waals surface area contributed by atoms with E-state index >= 15 is 0 Å². The first-order chi connectivity index (χ1) is 12.7. The van der Waals surface area contributed by atoms with Gasteiger partial charge in [-0.3, -0.25) is 4.79 Å². The zero-order valence-electron chi connectivity index (χ0n) is 15.3. The van der Waals surface area contributed by atoms with Crippen LogP contribution < -0.4 is 5.32 Å². The van der Waals surface area contributed by atoms with Gasteiger partial charge in [-0.05, 0) is 12.8 Å². The van der Waals surface area contributed by atoms with Crippen molar-refractivity contribution in [3.8, 4) is 0 Å². The monoisotopic (exact) mass is 365 g/mol. The first kappa shape index (κ1) is 18.6. The number of aryl methyl sites for hydroxylation is 1. The zero-order valence-corrected chi connectivity index (χ0v) is 15.3. The molecule has 1 N–H and O–H groups in total. The maximum atomic E-state index is 12.7. The van der Waals surface area contributed by atoms with Crippen LogP contribution in [0.15, 0.2) is 4.52 Å². The van der Waals surface area contributed by atoms with Gasteiger partial charge in [0, 0.05) is 45.4 Å². The lowest BCUT2D eigenvalue weighted by Crippen LogP contribution is -2.54. The Labute approximate surface area is 153 Å². The zero-order chi connectivity index (χ0) is 18.4. The number of nitrogens with zero attached hydrogens (tertiary/aromatic N) is 4. The van der Waals surface area contributed by atoms with Crippen molar-refractivity contribution >= 4 is 11.9 Å². The molecule has 1 atom stereocenters. The molecule has 3 rings (SSSR count). The standard InChI is InChI=1S/C17H27N5O4/c1-2-14-19-16(26-20-14)5-6-18-15(23)11-13-12-25-10-9-22(13)17(24)21-7-3-4-8-21/h13H,2-12H2,1H3,(H,18,23). The van der Waals surface area contributed by atoms with Crippen molar-refractivity contribution in [3.63, 3.8) is 0 Å². The van der Waals surface area contributed by atoms with E-state index in [9.17, 15) is 9.59 Å². The van der Waals surface area contributed by atoms with E-state index in [1.54, 1.807) is 4.90 Å². The molecule has 2 fully saturated rings. The highest BCUT2D eigenvalue weighted by atomic mass is 16.5. The fourth-order valence-electron chi connectivity index (χ4n) is 3.30. The molecule has 0 radical (unpaired) electrons. The van der Waals surface area contributed by atoms with Crippen molar-refractivity contribution in [1.82, 2.24) is 25.3 Å². The lowest BCUT2D eigenvalue weighted by atomic mass is 10.1. The van der Waals surface area contributed by atoms with Crippen LogP contribution in [0.2, 0.25) is 0 Å². The summed E-state index contributed by atoms with van der Waals surface area (Å²) in [7, 11) is 0. The van der Waals surface area contributed by atoms with Crippen LogP contribution in [0.25, 0.3) is 0 Å². The highest BCUT2D eigenvalue weighted by Crippen LogP contribution is 2.17. The first-order valence-electron chi connectivity index (χ1n) is 9.39. The summed E-state index contributed by atoms with van der Waals surface area (Å²) < 4.78 is 10.6. The Balaban J connectivity index is 1.45.